The number of phosphoric acid groups is 2. The summed E-state index contributed by atoms with van der Waals surface area (Å²) in [4.78, 5) is 73.0. The van der Waals surface area contributed by atoms with Crippen molar-refractivity contribution in [1.29, 1.82) is 0 Å². The molecule has 0 fully saturated rings. The van der Waals surface area contributed by atoms with Crippen LogP contribution in [0.15, 0.2) is 24.3 Å². The molecule has 0 aliphatic rings. The SMILES string of the molecule is CCCCCC/C=C\C=C/CCCCCCCC(=O)OC[C@H](COP(=O)(O)OC[C@@H](O)COP(=O)(O)OC[C@@H](COC(=O)CCCCCCCCCCCCCC)OC(=O)CCCCCCCCCCCCC(C)CC)OC(=O)CCCCCCCCCCCCCCCCC(C)C. The predicted octanol–water partition coefficient (Wildman–Crippen LogP) is 23.1. The maximum atomic E-state index is 13.1. The minimum atomic E-state index is -4.97. The lowest BCUT2D eigenvalue weighted by Crippen LogP contribution is -2.30. The molecule has 17 nitrogen and oxygen atoms in total. The zero-order valence-corrected chi connectivity index (χ0v) is 65.4. The van der Waals surface area contributed by atoms with E-state index >= 15 is 0 Å². The summed E-state index contributed by atoms with van der Waals surface area (Å²) in [6.07, 6.45) is 61.6. The Morgan fingerprint density at radius 2 is 0.602 bits per heavy atom. The van der Waals surface area contributed by atoms with Crippen LogP contribution in [-0.2, 0) is 65.4 Å². The van der Waals surface area contributed by atoms with E-state index in [1.165, 1.54) is 186 Å². The van der Waals surface area contributed by atoms with Gasteiger partial charge in [0.1, 0.15) is 19.3 Å². The van der Waals surface area contributed by atoms with E-state index in [0.29, 0.717) is 25.7 Å². The van der Waals surface area contributed by atoms with Gasteiger partial charge in [0, 0.05) is 25.7 Å². The van der Waals surface area contributed by atoms with Gasteiger partial charge in [0.25, 0.3) is 0 Å². The highest BCUT2D eigenvalue weighted by molar-refractivity contribution is 7.47. The van der Waals surface area contributed by atoms with Crippen LogP contribution < -0.4 is 0 Å². The van der Waals surface area contributed by atoms with E-state index in [4.69, 9.17) is 37.0 Å². The maximum absolute atomic E-state index is 13.1. The number of carbonyl (C=O) groups excluding carboxylic acids is 4. The standard InChI is InChI=1S/C79H150O17P2/c1-7-10-12-14-16-18-20-22-23-27-31-38-44-50-56-62-77(82)90-67-74(95-78(83)63-57-51-45-39-32-28-25-24-26-29-35-41-47-53-59-71(4)5)69-93-97(85,86)91-65-73(80)66-92-98(87,88)94-70-75(68-89-76(81)61-55-49-43-37-30-21-19-17-15-13-11-8-2)96-79(84)64-58-52-46-40-34-33-36-42-48-54-60-72(6)9-3/h18,20,22-23,71-75,80H,7-17,19,21,24-70H2,1-6H3,(H,85,86)(H,87,88)/b20-18-,23-22-/t72?,73-,74-,75-/m1/s1. The van der Waals surface area contributed by atoms with Crippen LogP contribution in [0.25, 0.3) is 0 Å². The fourth-order valence-corrected chi connectivity index (χ4v) is 13.2. The second kappa shape index (κ2) is 70.2. The van der Waals surface area contributed by atoms with Gasteiger partial charge in [0.2, 0.25) is 0 Å². The number of carbonyl (C=O) groups is 4. The van der Waals surface area contributed by atoms with Crippen molar-refractivity contribution < 1.29 is 80.2 Å². The van der Waals surface area contributed by atoms with Crippen LogP contribution in [0.4, 0.5) is 0 Å². The molecular weight excluding hydrogens is 1280 g/mol. The van der Waals surface area contributed by atoms with Crippen molar-refractivity contribution in [2.75, 3.05) is 39.6 Å². The topological polar surface area (TPSA) is 237 Å². The van der Waals surface area contributed by atoms with Gasteiger partial charge < -0.3 is 33.8 Å². The van der Waals surface area contributed by atoms with Gasteiger partial charge >= 0.3 is 39.5 Å². The van der Waals surface area contributed by atoms with Crippen LogP contribution >= 0.6 is 15.6 Å². The summed E-state index contributed by atoms with van der Waals surface area (Å²) in [5.74, 6) is -0.546. The van der Waals surface area contributed by atoms with Crippen molar-refractivity contribution in [2.24, 2.45) is 11.8 Å². The average molecular weight is 1430 g/mol. The molecule has 19 heteroatoms. The number of aliphatic hydroxyl groups excluding tert-OH is 1. The highest BCUT2D eigenvalue weighted by Gasteiger charge is 2.30. The molecule has 0 amide bonds. The quantitative estimate of drug-likeness (QED) is 0.0169. The van der Waals surface area contributed by atoms with E-state index in [1.807, 2.05) is 0 Å². The zero-order valence-electron chi connectivity index (χ0n) is 63.6. The van der Waals surface area contributed by atoms with E-state index in [2.05, 4.69) is 65.8 Å². The van der Waals surface area contributed by atoms with Crippen LogP contribution in [0.3, 0.4) is 0 Å². The van der Waals surface area contributed by atoms with Crippen LogP contribution in [0.5, 0.6) is 0 Å². The van der Waals surface area contributed by atoms with E-state index < -0.39 is 97.5 Å². The number of hydrogen-bond acceptors (Lipinski definition) is 15. The summed E-state index contributed by atoms with van der Waals surface area (Å²) >= 11 is 0. The van der Waals surface area contributed by atoms with Gasteiger partial charge in [-0.2, -0.15) is 0 Å². The molecule has 0 aromatic carbocycles. The average Bonchev–Trinajstić information content (AvgIpc) is 0.979. The molecule has 6 atom stereocenters. The Balaban J connectivity index is 5.30. The smallest absolute Gasteiger partial charge is 0.462 e. The maximum Gasteiger partial charge on any atom is 0.472 e. The number of rotatable bonds is 76. The normalized spacial score (nSPS) is 14.4. The van der Waals surface area contributed by atoms with Crippen LogP contribution in [0.1, 0.15) is 388 Å². The van der Waals surface area contributed by atoms with Crippen molar-refractivity contribution in [1.82, 2.24) is 0 Å². The van der Waals surface area contributed by atoms with Gasteiger partial charge in [-0.1, -0.05) is 336 Å². The lowest BCUT2D eigenvalue weighted by Gasteiger charge is -2.21. The van der Waals surface area contributed by atoms with Crippen molar-refractivity contribution in [3.05, 3.63) is 24.3 Å². The molecule has 578 valence electrons. The fourth-order valence-electron chi connectivity index (χ4n) is 11.6. The molecule has 0 aromatic heterocycles. The molecule has 3 unspecified atom stereocenters. The summed E-state index contributed by atoms with van der Waals surface area (Å²) in [6, 6.07) is 0. The molecule has 0 spiro atoms. The first-order valence-electron chi connectivity index (χ1n) is 40.3. The fraction of sp³-hybridized carbons (Fsp3) is 0.899. The van der Waals surface area contributed by atoms with Gasteiger partial charge in [-0.3, -0.25) is 37.3 Å². The van der Waals surface area contributed by atoms with E-state index in [1.54, 1.807) is 0 Å². The molecule has 0 heterocycles. The van der Waals surface area contributed by atoms with Crippen LogP contribution in [0.2, 0.25) is 0 Å². The predicted molar refractivity (Wildman–Crippen MR) is 400 cm³/mol. The molecule has 0 bridgehead atoms. The van der Waals surface area contributed by atoms with Crippen molar-refractivity contribution in [3.63, 3.8) is 0 Å². The monoisotopic (exact) mass is 1430 g/mol. The van der Waals surface area contributed by atoms with Gasteiger partial charge in [-0.05, 0) is 63.2 Å². The Morgan fingerprint density at radius 3 is 0.918 bits per heavy atom. The number of esters is 4. The number of ether oxygens (including phenoxy) is 4. The molecule has 0 aliphatic heterocycles. The van der Waals surface area contributed by atoms with Crippen LogP contribution in [0, 0.1) is 11.8 Å². The molecule has 0 aliphatic carbocycles. The van der Waals surface area contributed by atoms with Gasteiger partial charge in [-0.15, -0.1) is 0 Å². The molecule has 0 rings (SSSR count). The second-order valence-corrected chi connectivity index (χ2v) is 31.4. The number of phosphoric ester groups is 2. The number of aliphatic hydroxyl groups is 1. The third-order valence-electron chi connectivity index (χ3n) is 18.2. The summed E-state index contributed by atoms with van der Waals surface area (Å²) in [7, 11) is -9.93. The summed E-state index contributed by atoms with van der Waals surface area (Å²) in [5.41, 5.74) is 0. The van der Waals surface area contributed by atoms with E-state index in [0.717, 1.165) is 121 Å². The molecule has 3 N–H and O–H groups in total. The Kier molecular flexibility index (Phi) is 68.5. The number of allylic oxidation sites excluding steroid dienone is 4. The number of hydrogen-bond donors (Lipinski definition) is 3. The first-order valence-corrected chi connectivity index (χ1v) is 43.3. The lowest BCUT2D eigenvalue weighted by atomic mass is 9.99. The molecular formula is C79H150O17P2. The van der Waals surface area contributed by atoms with E-state index in [-0.39, 0.29) is 25.7 Å². The van der Waals surface area contributed by atoms with Gasteiger partial charge in [-0.25, -0.2) is 9.13 Å². The highest BCUT2D eigenvalue weighted by Crippen LogP contribution is 2.45. The minimum Gasteiger partial charge on any atom is -0.462 e. The Labute approximate surface area is 599 Å². The van der Waals surface area contributed by atoms with Crippen molar-refractivity contribution in [2.45, 2.75) is 407 Å². The summed E-state index contributed by atoms with van der Waals surface area (Å²) in [6.45, 7) is 9.60. The molecule has 0 saturated carbocycles. The first kappa shape index (κ1) is 95.5. The summed E-state index contributed by atoms with van der Waals surface area (Å²) < 4.78 is 68.6. The Bertz CT molecular complexity index is 1990. The Hall–Kier alpha value is -2.46. The lowest BCUT2D eigenvalue weighted by molar-refractivity contribution is -0.161. The minimum absolute atomic E-state index is 0.101. The van der Waals surface area contributed by atoms with Gasteiger partial charge in [0.05, 0.1) is 26.4 Å². The largest absolute Gasteiger partial charge is 0.472 e. The second-order valence-electron chi connectivity index (χ2n) is 28.5. The third-order valence-corrected chi connectivity index (χ3v) is 20.1. The molecule has 0 radical (unpaired) electrons. The molecule has 0 saturated heterocycles. The number of unbranched alkanes of at least 4 members (excludes halogenated alkanes) is 42. The molecule has 0 aromatic rings. The molecule has 98 heavy (non-hydrogen) atoms. The Morgan fingerprint density at radius 1 is 0.337 bits per heavy atom. The first-order chi connectivity index (χ1) is 47.4. The van der Waals surface area contributed by atoms with Crippen LogP contribution in [-0.4, -0.2) is 96.7 Å². The van der Waals surface area contributed by atoms with Crippen molar-refractivity contribution in [3.8, 4) is 0 Å². The van der Waals surface area contributed by atoms with Gasteiger partial charge in [0.15, 0.2) is 12.2 Å². The summed E-state index contributed by atoms with van der Waals surface area (Å²) in [5, 5.41) is 10.6. The zero-order chi connectivity index (χ0) is 72.1. The van der Waals surface area contributed by atoms with Crippen molar-refractivity contribution >= 4 is 39.5 Å². The van der Waals surface area contributed by atoms with E-state index in [9.17, 15) is 43.2 Å². The third kappa shape index (κ3) is 70.6. The highest BCUT2D eigenvalue weighted by atomic mass is 31.2.